The highest BCUT2D eigenvalue weighted by Gasteiger charge is 2.23. The Morgan fingerprint density at radius 1 is 0.854 bits per heavy atom. The summed E-state index contributed by atoms with van der Waals surface area (Å²) in [5.74, 6) is 0.0980. The lowest BCUT2D eigenvalue weighted by Crippen LogP contribution is -2.48. The first-order valence-corrected chi connectivity index (χ1v) is 14.5. The molecule has 0 aliphatic carbocycles. The highest BCUT2D eigenvalue weighted by atomic mass is 32.2. The van der Waals surface area contributed by atoms with Gasteiger partial charge in [-0.2, -0.15) is 0 Å². The average molecular weight is 591 g/mol. The van der Waals surface area contributed by atoms with Crippen LogP contribution in [0.1, 0.15) is 31.9 Å². The van der Waals surface area contributed by atoms with E-state index in [1.54, 1.807) is 13.0 Å². The summed E-state index contributed by atoms with van der Waals surface area (Å²) >= 11 is 5.23. The minimum Gasteiger partial charge on any atom is -0.481 e. The summed E-state index contributed by atoms with van der Waals surface area (Å²) in [6, 6.07) is 25.4. The number of hydrogen-bond donors (Lipinski definition) is 4. The van der Waals surface area contributed by atoms with Gasteiger partial charge in [0.05, 0.1) is 4.90 Å². The van der Waals surface area contributed by atoms with Crippen molar-refractivity contribution in [3.63, 3.8) is 0 Å². The first-order valence-electron chi connectivity index (χ1n) is 12.6. The Hall–Kier alpha value is -4.55. The number of rotatable bonds is 9. The van der Waals surface area contributed by atoms with Gasteiger partial charge in [-0.3, -0.25) is 15.6 Å². The molecule has 3 aromatic carbocycles. The Morgan fingerprint density at radius 2 is 1.46 bits per heavy atom. The molecule has 0 radical (unpaired) electrons. The molecule has 0 saturated heterocycles. The van der Waals surface area contributed by atoms with Gasteiger partial charge in [0.1, 0.15) is 5.75 Å². The standard InChI is InChI=1S/C29H30N6O4S2/c1-20(39-24-14-10-22(11-15-24)29(2,3)21-8-5-4-6-9-21)26(36)33-34-28(40)32-23-12-16-25(17-13-23)41(37,38)35-27-30-18-7-19-31-27/h4-20H,1-3H3,(H,33,36)(H,30,31,35)(H2,32,34,40)/t20-/m0/s1. The number of hydrogen-bond acceptors (Lipinski definition) is 7. The van der Waals surface area contributed by atoms with Gasteiger partial charge in [0.25, 0.3) is 15.9 Å². The monoisotopic (exact) mass is 590 g/mol. The van der Waals surface area contributed by atoms with Crippen LogP contribution in [0.4, 0.5) is 11.6 Å². The zero-order valence-corrected chi connectivity index (χ0v) is 24.3. The quantitative estimate of drug-likeness (QED) is 0.165. The van der Waals surface area contributed by atoms with Crippen LogP contribution in [0.3, 0.4) is 0 Å². The first kappa shape index (κ1) is 29.4. The van der Waals surface area contributed by atoms with Crippen molar-refractivity contribution < 1.29 is 17.9 Å². The normalized spacial score (nSPS) is 12.1. The number of benzene rings is 3. The third-order valence-corrected chi connectivity index (χ3v) is 7.81. The minimum atomic E-state index is -3.86. The molecule has 10 nitrogen and oxygen atoms in total. The van der Waals surface area contributed by atoms with Gasteiger partial charge >= 0.3 is 0 Å². The number of nitrogens with one attached hydrogen (secondary N) is 4. The van der Waals surface area contributed by atoms with Crippen molar-refractivity contribution in [2.24, 2.45) is 0 Å². The molecular weight excluding hydrogens is 560 g/mol. The molecule has 4 rings (SSSR count). The minimum absolute atomic E-state index is 0.0188. The van der Waals surface area contributed by atoms with Crippen molar-refractivity contribution >= 4 is 44.9 Å². The van der Waals surface area contributed by atoms with Crippen LogP contribution in [0.5, 0.6) is 5.75 Å². The van der Waals surface area contributed by atoms with Gasteiger partial charge in [-0.05, 0) is 72.7 Å². The number of ether oxygens (including phenoxy) is 1. The van der Waals surface area contributed by atoms with Crippen molar-refractivity contribution in [2.45, 2.75) is 37.2 Å². The van der Waals surface area contributed by atoms with Crippen molar-refractivity contribution in [1.29, 1.82) is 0 Å². The number of hydrazine groups is 1. The van der Waals surface area contributed by atoms with Crippen molar-refractivity contribution in [3.05, 3.63) is 108 Å². The van der Waals surface area contributed by atoms with E-state index in [2.05, 4.69) is 56.8 Å². The third-order valence-electron chi connectivity index (χ3n) is 6.27. The summed E-state index contributed by atoms with van der Waals surface area (Å²) < 4.78 is 33.1. The Labute approximate surface area is 244 Å². The fraction of sp³-hybridized carbons (Fsp3) is 0.172. The summed E-state index contributed by atoms with van der Waals surface area (Å²) in [6.07, 6.45) is 2.06. The molecule has 12 heteroatoms. The molecule has 1 heterocycles. The Morgan fingerprint density at radius 3 is 2.10 bits per heavy atom. The molecule has 0 unspecified atom stereocenters. The average Bonchev–Trinajstić information content (AvgIpc) is 2.97. The van der Waals surface area contributed by atoms with Crippen LogP contribution in [-0.2, 0) is 20.2 Å². The van der Waals surface area contributed by atoms with Crippen LogP contribution in [0.2, 0.25) is 0 Å². The lowest BCUT2D eigenvalue weighted by Gasteiger charge is -2.26. The van der Waals surface area contributed by atoms with E-state index in [0.29, 0.717) is 11.4 Å². The predicted octanol–water partition coefficient (Wildman–Crippen LogP) is 4.39. The van der Waals surface area contributed by atoms with Crippen LogP contribution in [-0.4, -0.2) is 35.5 Å². The van der Waals surface area contributed by atoms with E-state index in [0.717, 1.165) is 5.56 Å². The van der Waals surface area contributed by atoms with Crippen molar-refractivity contribution in [3.8, 4) is 5.75 Å². The maximum atomic E-state index is 12.6. The number of carbonyl (C=O) groups is 1. The molecule has 0 aliphatic rings. The molecule has 0 saturated carbocycles. The van der Waals surface area contributed by atoms with Gasteiger partial charge in [0, 0.05) is 23.5 Å². The molecule has 1 atom stereocenters. The van der Waals surface area contributed by atoms with Crippen LogP contribution < -0.4 is 25.6 Å². The lowest BCUT2D eigenvalue weighted by molar-refractivity contribution is -0.127. The summed E-state index contributed by atoms with van der Waals surface area (Å²) in [4.78, 5) is 20.3. The highest BCUT2D eigenvalue weighted by Crippen LogP contribution is 2.32. The lowest BCUT2D eigenvalue weighted by atomic mass is 9.78. The van der Waals surface area contributed by atoms with Gasteiger partial charge in [-0.15, -0.1) is 0 Å². The highest BCUT2D eigenvalue weighted by molar-refractivity contribution is 7.92. The largest absolute Gasteiger partial charge is 0.481 e. The molecular formula is C29H30N6O4S2. The molecule has 1 amide bonds. The van der Waals surface area contributed by atoms with Crippen molar-refractivity contribution in [1.82, 2.24) is 20.8 Å². The van der Waals surface area contributed by atoms with E-state index >= 15 is 0 Å². The summed E-state index contributed by atoms with van der Waals surface area (Å²) in [5, 5.41) is 2.97. The number of aromatic nitrogens is 2. The Kier molecular flexibility index (Phi) is 9.15. The zero-order chi connectivity index (χ0) is 29.5. The number of carbonyl (C=O) groups excluding carboxylic acids is 1. The van der Waals surface area contributed by atoms with Crippen molar-refractivity contribution in [2.75, 3.05) is 10.0 Å². The van der Waals surface area contributed by atoms with Gasteiger partial charge in [0.15, 0.2) is 11.2 Å². The Balaban J connectivity index is 1.25. The topological polar surface area (TPSA) is 134 Å². The van der Waals surface area contributed by atoms with Crippen LogP contribution in [0.25, 0.3) is 0 Å². The fourth-order valence-corrected chi connectivity index (χ4v) is 4.99. The molecule has 0 aliphatic heterocycles. The van der Waals surface area contributed by atoms with Gasteiger partial charge in [0.2, 0.25) is 5.95 Å². The molecule has 4 aromatic rings. The second kappa shape index (κ2) is 12.7. The van der Waals surface area contributed by atoms with Crippen LogP contribution >= 0.6 is 12.2 Å². The van der Waals surface area contributed by atoms with Crippen LogP contribution in [0, 0.1) is 0 Å². The van der Waals surface area contributed by atoms with E-state index < -0.39 is 22.0 Å². The van der Waals surface area contributed by atoms with E-state index in [1.807, 2.05) is 42.5 Å². The maximum Gasteiger partial charge on any atom is 0.279 e. The molecule has 1 aromatic heterocycles. The molecule has 212 valence electrons. The summed E-state index contributed by atoms with van der Waals surface area (Å²) in [6.45, 7) is 5.95. The third kappa shape index (κ3) is 7.77. The molecule has 0 fully saturated rings. The fourth-order valence-electron chi connectivity index (χ4n) is 3.86. The second-order valence-electron chi connectivity index (χ2n) is 9.55. The van der Waals surface area contributed by atoms with E-state index in [1.165, 1.54) is 42.2 Å². The summed E-state index contributed by atoms with van der Waals surface area (Å²) in [7, 11) is -3.86. The molecule has 0 bridgehead atoms. The number of amides is 1. The molecule has 4 N–H and O–H groups in total. The summed E-state index contributed by atoms with van der Waals surface area (Å²) in [5.41, 5.74) is 7.77. The van der Waals surface area contributed by atoms with Crippen LogP contribution in [0.15, 0.2) is 102 Å². The van der Waals surface area contributed by atoms with Gasteiger partial charge in [-0.1, -0.05) is 56.3 Å². The zero-order valence-electron chi connectivity index (χ0n) is 22.7. The smallest absolute Gasteiger partial charge is 0.279 e. The van der Waals surface area contributed by atoms with E-state index in [-0.39, 0.29) is 21.4 Å². The predicted molar refractivity (Wildman–Crippen MR) is 162 cm³/mol. The Bertz CT molecular complexity index is 1580. The number of sulfonamides is 1. The number of anilines is 2. The van der Waals surface area contributed by atoms with Gasteiger partial charge < -0.3 is 10.1 Å². The van der Waals surface area contributed by atoms with Gasteiger partial charge in [-0.25, -0.2) is 23.1 Å². The van der Waals surface area contributed by atoms with E-state index in [4.69, 9.17) is 17.0 Å². The first-order chi connectivity index (χ1) is 19.5. The maximum absolute atomic E-state index is 12.6. The number of nitrogens with zero attached hydrogens (tertiary/aromatic N) is 2. The molecule has 0 spiro atoms. The second-order valence-corrected chi connectivity index (χ2v) is 11.6. The number of thiocarbonyl (C=S) groups is 1. The SMILES string of the molecule is C[C@H](Oc1ccc(C(C)(C)c2ccccc2)cc1)C(=O)NNC(=S)Nc1ccc(S(=O)(=O)Nc2ncccn2)cc1. The van der Waals surface area contributed by atoms with E-state index in [9.17, 15) is 13.2 Å². The molecule has 41 heavy (non-hydrogen) atoms.